The van der Waals surface area contributed by atoms with Gasteiger partial charge in [0.1, 0.15) is 0 Å². The first-order chi connectivity index (χ1) is 12.6. The molecule has 1 aliphatic carbocycles. The number of aliphatic hydroxyl groups is 1. The molecule has 26 heavy (non-hydrogen) atoms. The van der Waals surface area contributed by atoms with E-state index in [0.29, 0.717) is 30.4 Å². The fraction of sp³-hybridized carbons (Fsp3) is 0.632. The summed E-state index contributed by atoms with van der Waals surface area (Å²) in [6, 6.07) is 3.67. The summed E-state index contributed by atoms with van der Waals surface area (Å²) in [6.45, 7) is 1.27. The van der Waals surface area contributed by atoms with Crippen molar-refractivity contribution in [1.29, 1.82) is 0 Å². The van der Waals surface area contributed by atoms with Crippen LogP contribution < -0.4 is 14.2 Å². The monoisotopic (exact) mass is 365 g/mol. The summed E-state index contributed by atoms with van der Waals surface area (Å²) in [7, 11) is 4.67. The fourth-order valence-electron chi connectivity index (χ4n) is 4.02. The molecular weight excluding hydrogens is 338 g/mol. The average molecular weight is 365 g/mol. The van der Waals surface area contributed by atoms with E-state index >= 15 is 0 Å². The Hall–Kier alpha value is -1.99. The van der Waals surface area contributed by atoms with Crippen molar-refractivity contribution in [2.45, 2.75) is 31.4 Å². The molecule has 0 spiro atoms. The third-order valence-electron chi connectivity index (χ3n) is 5.29. The lowest BCUT2D eigenvalue weighted by Crippen LogP contribution is -2.51. The molecule has 1 aromatic carbocycles. The van der Waals surface area contributed by atoms with E-state index in [1.54, 1.807) is 21.3 Å². The minimum atomic E-state index is 0.0322. The van der Waals surface area contributed by atoms with Crippen molar-refractivity contribution >= 4 is 5.91 Å². The minimum Gasteiger partial charge on any atom is -0.493 e. The van der Waals surface area contributed by atoms with Gasteiger partial charge >= 0.3 is 0 Å². The molecule has 1 aliphatic heterocycles. The number of rotatable bonds is 6. The lowest BCUT2D eigenvalue weighted by molar-refractivity contribution is -0.143. The summed E-state index contributed by atoms with van der Waals surface area (Å²) in [5, 5.41) is 9.44. The zero-order valence-electron chi connectivity index (χ0n) is 15.6. The molecule has 1 saturated carbocycles. The van der Waals surface area contributed by atoms with Gasteiger partial charge in [-0.3, -0.25) is 4.79 Å². The average Bonchev–Trinajstić information content (AvgIpc) is 3.10. The molecule has 144 valence electrons. The van der Waals surface area contributed by atoms with Crippen LogP contribution in [0, 0.1) is 5.92 Å². The van der Waals surface area contributed by atoms with Crippen molar-refractivity contribution in [3.63, 3.8) is 0 Å². The molecule has 0 aromatic heterocycles. The van der Waals surface area contributed by atoms with Crippen LogP contribution in [0.2, 0.25) is 0 Å². The second kappa shape index (κ2) is 8.14. The van der Waals surface area contributed by atoms with E-state index in [1.807, 2.05) is 17.0 Å². The topological polar surface area (TPSA) is 77.5 Å². The SMILES string of the molecule is COc1cc(CC(=O)N2CCOC3C[C@H](CO)C[C@@H]32)cc(OC)c1OC. The standard InChI is InChI=1S/C19H27NO6/c1-23-16-7-12(8-17(24-2)19(16)25-3)10-18(22)20-4-5-26-15-9-13(11-21)6-14(15)20/h7-8,13-15,21H,4-6,9-11H2,1-3H3/t13-,14+,15?/m1/s1. The molecule has 0 bridgehead atoms. The van der Waals surface area contributed by atoms with Gasteiger partial charge in [0.2, 0.25) is 11.7 Å². The number of morpholine rings is 1. The number of methoxy groups -OCH3 is 3. The Bertz CT molecular complexity index is 624. The number of benzene rings is 1. The fourth-order valence-corrected chi connectivity index (χ4v) is 4.02. The highest BCUT2D eigenvalue weighted by Gasteiger charge is 2.42. The maximum atomic E-state index is 13.0. The molecule has 1 heterocycles. The lowest BCUT2D eigenvalue weighted by atomic mass is 10.1. The molecule has 1 N–H and O–H groups in total. The molecule has 1 aromatic rings. The van der Waals surface area contributed by atoms with Gasteiger partial charge in [-0.1, -0.05) is 0 Å². The number of hydrogen-bond acceptors (Lipinski definition) is 6. The predicted octanol–water partition coefficient (Wildman–Crippen LogP) is 1.25. The Morgan fingerprint density at radius 2 is 1.88 bits per heavy atom. The Kier molecular flexibility index (Phi) is 5.88. The number of amides is 1. The first-order valence-electron chi connectivity index (χ1n) is 8.92. The van der Waals surface area contributed by atoms with Gasteiger partial charge in [-0.15, -0.1) is 0 Å². The number of aliphatic hydroxyl groups excluding tert-OH is 1. The molecule has 3 atom stereocenters. The molecule has 1 amide bonds. The van der Waals surface area contributed by atoms with Crippen LogP contribution in [0.3, 0.4) is 0 Å². The van der Waals surface area contributed by atoms with Crippen LogP contribution in [0.1, 0.15) is 18.4 Å². The van der Waals surface area contributed by atoms with Gasteiger partial charge in [0.05, 0.1) is 46.5 Å². The molecule has 7 nitrogen and oxygen atoms in total. The number of nitrogens with zero attached hydrogens (tertiary/aromatic N) is 1. The van der Waals surface area contributed by atoms with Crippen molar-refractivity contribution in [3.8, 4) is 17.2 Å². The van der Waals surface area contributed by atoms with E-state index in [0.717, 1.165) is 18.4 Å². The molecule has 2 aliphatic rings. The third kappa shape index (κ3) is 3.59. The second-order valence-electron chi connectivity index (χ2n) is 6.79. The highest BCUT2D eigenvalue weighted by molar-refractivity contribution is 5.80. The van der Waals surface area contributed by atoms with Crippen molar-refractivity contribution in [1.82, 2.24) is 4.90 Å². The number of carbonyl (C=O) groups excluding carboxylic acids is 1. The van der Waals surface area contributed by atoms with Gasteiger partial charge in [0, 0.05) is 13.2 Å². The number of fused-ring (bicyclic) bond motifs is 1. The van der Waals surface area contributed by atoms with Gasteiger partial charge in [0.15, 0.2) is 11.5 Å². The van der Waals surface area contributed by atoms with Gasteiger partial charge in [-0.05, 0) is 36.5 Å². The highest BCUT2D eigenvalue weighted by Crippen LogP contribution is 2.39. The van der Waals surface area contributed by atoms with Gasteiger partial charge < -0.3 is 29.0 Å². The Morgan fingerprint density at radius 3 is 2.46 bits per heavy atom. The van der Waals surface area contributed by atoms with Crippen LogP contribution in [0.4, 0.5) is 0 Å². The summed E-state index contributed by atoms with van der Waals surface area (Å²) >= 11 is 0. The van der Waals surface area contributed by atoms with Crippen LogP contribution in [-0.2, 0) is 16.0 Å². The number of carbonyl (C=O) groups is 1. The Labute approximate surface area is 153 Å². The van der Waals surface area contributed by atoms with Crippen LogP contribution in [0.25, 0.3) is 0 Å². The second-order valence-corrected chi connectivity index (χ2v) is 6.79. The zero-order valence-corrected chi connectivity index (χ0v) is 15.6. The van der Waals surface area contributed by atoms with Crippen molar-refractivity contribution < 1.29 is 28.8 Å². The molecule has 1 saturated heterocycles. The molecule has 0 radical (unpaired) electrons. The van der Waals surface area contributed by atoms with E-state index < -0.39 is 0 Å². The van der Waals surface area contributed by atoms with E-state index in [-0.39, 0.29) is 37.0 Å². The van der Waals surface area contributed by atoms with Crippen LogP contribution in [-0.4, -0.2) is 69.1 Å². The van der Waals surface area contributed by atoms with Gasteiger partial charge in [-0.2, -0.15) is 0 Å². The normalized spacial score (nSPS) is 24.9. The van der Waals surface area contributed by atoms with Crippen molar-refractivity contribution in [2.75, 3.05) is 41.1 Å². The van der Waals surface area contributed by atoms with Crippen LogP contribution in [0.15, 0.2) is 12.1 Å². The quantitative estimate of drug-likeness (QED) is 0.818. The third-order valence-corrected chi connectivity index (χ3v) is 5.29. The Balaban J connectivity index is 1.77. The predicted molar refractivity (Wildman–Crippen MR) is 94.9 cm³/mol. The van der Waals surface area contributed by atoms with Crippen molar-refractivity contribution in [2.24, 2.45) is 5.92 Å². The molecule has 1 unspecified atom stereocenters. The Morgan fingerprint density at radius 1 is 1.19 bits per heavy atom. The molecule has 2 fully saturated rings. The first kappa shape index (κ1) is 18.8. The smallest absolute Gasteiger partial charge is 0.227 e. The number of ether oxygens (including phenoxy) is 4. The van der Waals surface area contributed by atoms with Crippen molar-refractivity contribution in [3.05, 3.63) is 17.7 Å². The zero-order chi connectivity index (χ0) is 18.7. The minimum absolute atomic E-state index is 0.0322. The van der Waals surface area contributed by atoms with Gasteiger partial charge in [0.25, 0.3) is 0 Å². The largest absolute Gasteiger partial charge is 0.493 e. The maximum absolute atomic E-state index is 13.0. The summed E-state index contributed by atoms with van der Waals surface area (Å²) in [4.78, 5) is 14.9. The van der Waals surface area contributed by atoms with E-state index in [4.69, 9.17) is 18.9 Å². The maximum Gasteiger partial charge on any atom is 0.227 e. The summed E-state index contributed by atoms with van der Waals surface area (Å²) in [5.74, 6) is 1.85. The molecule has 7 heteroatoms. The van der Waals surface area contributed by atoms with E-state index in [2.05, 4.69) is 0 Å². The molecule has 3 rings (SSSR count). The van der Waals surface area contributed by atoms with Gasteiger partial charge in [-0.25, -0.2) is 0 Å². The highest BCUT2D eigenvalue weighted by atomic mass is 16.5. The molecular formula is C19H27NO6. The number of hydrogen-bond donors (Lipinski definition) is 1. The summed E-state index contributed by atoms with van der Waals surface area (Å²) in [5.41, 5.74) is 0.809. The van der Waals surface area contributed by atoms with E-state index in [9.17, 15) is 9.90 Å². The summed E-state index contributed by atoms with van der Waals surface area (Å²) < 4.78 is 21.9. The first-order valence-corrected chi connectivity index (χ1v) is 8.92. The lowest BCUT2D eigenvalue weighted by Gasteiger charge is -2.37. The van der Waals surface area contributed by atoms with Crippen LogP contribution in [0.5, 0.6) is 17.2 Å². The van der Waals surface area contributed by atoms with Crippen LogP contribution >= 0.6 is 0 Å². The summed E-state index contributed by atoms with van der Waals surface area (Å²) in [6.07, 6.45) is 1.89. The van der Waals surface area contributed by atoms with E-state index in [1.165, 1.54) is 0 Å².